The Balaban J connectivity index is 2.32. The van der Waals surface area contributed by atoms with Gasteiger partial charge in [-0.05, 0) is 24.3 Å². The summed E-state index contributed by atoms with van der Waals surface area (Å²) in [4.78, 5) is 12.4. The Morgan fingerprint density at radius 1 is 1.28 bits per heavy atom. The highest BCUT2D eigenvalue weighted by Crippen LogP contribution is 2.22. The van der Waals surface area contributed by atoms with Crippen LogP contribution in [0.15, 0.2) is 39.8 Å². The lowest BCUT2D eigenvalue weighted by molar-refractivity contribution is 0.101. The highest BCUT2D eigenvalue weighted by Gasteiger charge is 2.25. The van der Waals surface area contributed by atoms with E-state index >= 15 is 0 Å². The molecule has 0 saturated carbocycles. The van der Waals surface area contributed by atoms with Crippen molar-refractivity contribution in [2.45, 2.75) is 18.7 Å². The molecule has 9 heteroatoms. The van der Waals surface area contributed by atoms with E-state index in [0.717, 1.165) is 0 Å². The van der Waals surface area contributed by atoms with Crippen LogP contribution in [0.3, 0.4) is 0 Å². The predicted molar refractivity (Wildman–Crippen MR) is 97.6 cm³/mol. The first-order valence-corrected chi connectivity index (χ1v) is 9.86. The van der Waals surface area contributed by atoms with Gasteiger partial charge in [-0.2, -0.15) is 4.31 Å². The Morgan fingerprint density at radius 3 is 2.48 bits per heavy atom. The first-order valence-electron chi connectivity index (χ1n) is 7.63. The maximum absolute atomic E-state index is 13.9. The first kappa shape index (κ1) is 19.6. The van der Waals surface area contributed by atoms with Gasteiger partial charge >= 0.3 is 0 Å². The lowest BCUT2D eigenvalue weighted by atomic mass is 10.3. The zero-order valence-electron chi connectivity index (χ0n) is 14.1. The average molecular weight is 432 g/mol. The van der Waals surface area contributed by atoms with E-state index in [1.165, 1.54) is 33.3 Å². The van der Waals surface area contributed by atoms with Gasteiger partial charge in [-0.25, -0.2) is 12.8 Å². The molecule has 1 aromatic carbocycles. The summed E-state index contributed by atoms with van der Waals surface area (Å²) in [6.07, 6.45) is 1.38. The van der Waals surface area contributed by atoms with Crippen LogP contribution in [0.2, 0.25) is 0 Å². The number of anilines is 1. The monoisotopic (exact) mass is 431 g/mol. The van der Waals surface area contributed by atoms with Crippen molar-refractivity contribution in [3.63, 3.8) is 0 Å². The number of carbonyl (C=O) groups is 1. The molecular formula is C16H19BrFN3O3S. The third kappa shape index (κ3) is 4.10. The second-order valence-electron chi connectivity index (χ2n) is 5.34. The highest BCUT2D eigenvalue weighted by molar-refractivity contribution is 9.10. The summed E-state index contributed by atoms with van der Waals surface area (Å²) < 4.78 is 42.2. The number of aryl methyl sites for hydroxylation is 1. The number of benzene rings is 1. The number of nitrogens with zero attached hydrogens (tertiary/aromatic N) is 2. The zero-order valence-corrected chi connectivity index (χ0v) is 16.5. The number of aromatic nitrogens is 1. The van der Waals surface area contributed by atoms with Crippen molar-refractivity contribution < 1.29 is 17.6 Å². The Kier molecular flexibility index (Phi) is 6.02. The predicted octanol–water partition coefficient (Wildman–Crippen LogP) is 3.21. The fourth-order valence-electron chi connectivity index (χ4n) is 2.39. The van der Waals surface area contributed by atoms with E-state index in [9.17, 15) is 17.6 Å². The van der Waals surface area contributed by atoms with Crippen LogP contribution in [0.4, 0.5) is 10.1 Å². The van der Waals surface area contributed by atoms with Gasteiger partial charge in [-0.1, -0.05) is 29.8 Å². The minimum Gasteiger partial charge on any atom is -0.345 e. The van der Waals surface area contributed by atoms with Gasteiger partial charge in [0.2, 0.25) is 10.0 Å². The minimum absolute atomic E-state index is 0.0163. The number of amides is 1. The molecule has 2 rings (SSSR count). The Bertz CT molecular complexity index is 892. The molecule has 1 aromatic heterocycles. The Hall–Kier alpha value is -1.71. The average Bonchev–Trinajstić information content (AvgIpc) is 2.94. The van der Waals surface area contributed by atoms with Gasteiger partial charge in [0.15, 0.2) is 0 Å². The molecule has 0 unspecified atom stereocenters. The molecule has 1 N–H and O–H groups in total. The number of halogens is 2. The number of hydrogen-bond donors (Lipinski definition) is 1. The molecule has 0 aliphatic heterocycles. The summed E-state index contributed by atoms with van der Waals surface area (Å²) in [6.45, 7) is 4.15. The normalized spacial score (nSPS) is 11.8. The van der Waals surface area contributed by atoms with Crippen molar-refractivity contribution in [3.05, 3.63) is 46.4 Å². The topological polar surface area (TPSA) is 71.4 Å². The van der Waals surface area contributed by atoms with Crippen molar-refractivity contribution in [2.75, 3.05) is 18.4 Å². The smallest absolute Gasteiger partial charge is 0.272 e. The molecule has 0 fully saturated rings. The van der Waals surface area contributed by atoms with Crippen LogP contribution in [0.1, 0.15) is 24.3 Å². The molecule has 0 aliphatic rings. The second-order valence-corrected chi connectivity index (χ2v) is 8.19. The second kappa shape index (κ2) is 7.67. The van der Waals surface area contributed by atoms with E-state index in [1.807, 2.05) is 0 Å². The van der Waals surface area contributed by atoms with Crippen molar-refractivity contribution in [2.24, 2.45) is 7.05 Å². The molecule has 25 heavy (non-hydrogen) atoms. The molecule has 2 aromatic rings. The van der Waals surface area contributed by atoms with Crippen LogP contribution in [-0.2, 0) is 17.1 Å². The Morgan fingerprint density at radius 2 is 1.92 bits per heavy atom. The molecule has 0 aliphatic carbocycles. The van der Waals surface area contributed by atoms with Gasteiger partial charge in [0.1, 0.15) is 16.4 Å². The maximum Gasteiger partial charge on any atom is 0.272 e. The van der Waals surface area contributed by atoms with E-state index in [2.05, 4.69) is 21.2 Å². The standard InChI is InChI=1S/C16H19BrFN3O3S/c1-4-21(5-2)25(23,24)12-9-15(20(3)10-12)16(22)19-14-7-6-11(17)8-13(14)18/h6-10H,4-5H2,1-3H3,(H,19,22). The summed E-state index contributed by atoms with van der Waals surface area (Å²) in [5.74, 6) is -1.18. The van der Waals surface area contributed by atoms with E-state index in [4.69, 9.17) is 0 Å². The molecule has 136 valence electrons. The van der Waals surface area contributed by atoms with Gasteiger partial charge < -0.3 is 9.88 Å². The first-order chi connectivity index (χ1) is 11.7. The van der Waals surface area contributed by atoms with Gasteiger partial charge in [-0.3, -0.25) is 4.79 Å². The van der Waals surface area contributed by atoms with Gasteiger partial charge in [-0.15, -0.1) is 0 Å². The van der Waals surface area contributed by atoms with Crippen LogP contribution in [0.25, 0.3) is 0 Å². The molecular weight excluding hydrogens is 413 g/mol. The number of carbonyl (C=O) groups excluding carboxylic acids is 1. The third-order valence-corrected chi connectivity index (χ3v) is 6.24. The minimum atomic E-state index is -3.67. The Labute approximate surface area is 154 Å². The summed E-state index contributed by atoms with van der Waals surface area (Å²) >= 11 is 3.14. The van der Waals surface area contributed by atoms with E-state index in [-0.39, 0.29) is 16.3 Å². The molecule has 6 nitrogen and oxygen atoms in total. The van der Waals surface area contributed by atoms with Crippen LogP contribution < -0.4 is 5.32 Å². The number of rotatable bonds is 6. The van der Waals surface area contributed by atoms with Crippen LogP contribution >= 0.6 is 15.9 Å². The van der Waals surface area contributed by atoms with Crippen LogP contribution in [0, 0.1) is 5.82 Å². The van der Waals surface area contributed by atoms with Crippen molar-refractivity contribution in [3.8, 4) is 0 Å². The highest BCUT2D eigenvalue weighted by atomic mass is 79.9. The molecule has 0 atom stereocenters. The molecule has 0 spiro atoms. The zero-order chi connectivity index (χ0) is 18.8. The van der Waals surface area contributed by atoms with Gasteiger partial charge in [0.25, 0.3) is 5.91 Å². The number of nitrogens with one attached hydrogen (secondary N) is 1. The van der Waals surface area contributed by atoms with Crippen LogP contribution in [0.5, 0.6) is 0 Å². The summed E-state index contributed by atoms with van der Waals surface area (Å²) in [5, 5.41) is 2.45. The fourth-order valence-corrected chi connectivity index (χ4v) is 4.25. The van der Waals surface area contributed by atoms with Crippen molar-refractivity contribution in [1.82, 2.24) is 8.87 Å². The SMILES string of the molecule is CCN(CC)S(=O)(=O)c1cc(C(=O)Nc2ccc(Br)cc2F)n(C)c1. The van der Waals surface area contributed by atoms with Crippen LogP contribution in [-0.4, -0.2) is 36.3 Å². The number of sulfonamides is 1. The summed E-state index contributed by atoms with van der Waals surface area (Å²) in [6, 6.07) is 5.55. The molecule has 0 radical (unpaired) electrons. The van der Waals surface area contributed by atoms with Gasteiger partial charge in [0, 0.05) is 30.8 Å². The molecule has 0 bridgehead atoms. The maximum atomic E-state index is 13.9. The molecule has 1 heterocycles. The van der Waals surface area contributed by atoms with E-state index < -0.39 is 21.7 Å². The fraction of sp³-hybridized carbons (Fsp3) is 0.312. The number of hydrogen-bond acceptors (Lipinski definition) is 3. The summed E-state index contributed by atoms with van der Waals surface area (Å²) in [5.41, 5.74) is 0.135. The van der Waals surface area contributed by atoms with Crippen molar-refractivity contribution in [1.29, 1.82) is 0 Å². The lowest BCUT2D eigenvalue weighted by Gasteiger charge is -2.17. The largest absolute Gasteiger partial charge is 0.345 e. The lowest BCUT2D eigenvalue weighted by Crippen LogP contribution is -2.30. The molecule has 0 saturated heterocycles. The van der Waals surface area contributed by atoms with Crippen molar-refractivity contribution >= 4 is 37.5 Å². The van der Waals surface area contributed by atoms with Gasteiger partial charge in [0.05, 0.1) is 5.69 Å². The summed E-state index contributed by atoms with van der Waals surface area (Å²) in [7, 11) is -2.11. The van der Waals surface area contributed by atoms with E-state index in [0.29, 0.717) is 17.6 Å². The third-order valence-electron chi connectivity index (χ3n) is 3.74. The quantitative estimate of drug-likeness (QED) is 0.762. The van der Waals surface area contributed by atoms with E-state index in [1.54, 1.807) is 27.0 Å². The molecule has 1 amide bonds.